The van der Waals surface area contributed by atoms with Crippen molar-refractivity contribution in [2.45, 2.75) is 37.9 Å². The van der Waals surface area contributed by atoms with Crippen LogP contribution < -0.4 is 5.73 Å². The van der Waals surface area contributed by atoms with E-state index in [1.54, 1.807) is 7.11 Å². The van der Waals surface area contributed by atoms with Gasteiger partial charge in [-0.15, -0.1) is 0 Å². The summed E-state index contributed by atoms with van der Waals surface area (Å²) in [4.78, 5) is 1.85. The van der Waals surface area contributed by atoms with Gasteiger partial charge < -0.3 is 15.4 Å². The molecule has 2 unspecified atom stereocenters. The molecule has 18 heavy (non-hydrogen) atoms. The summed E-state index contributed by atoms with van der Waals surface area (Å²) in [6, 6.07) is -0.0628. The lowest BCUT2D eigenvalue weighted by Crippen LogP contribution is -2.46. The van der Waals surface area contributed by atoms with E-state index in [1.807, 2.05) is 4.90 Å². The van der Waals surface area contributed by atoms with Crippen molar-refractivity contribution in [2.75, 3.05) is 33.4 Å². The number of ether oxygens (including phenoxy) is 1. The normalized spacial score (nSPS) is 24.2. The van der Waals surface area contributed by atoms with E-state index in [1.165, 1.54) is 0 Å². The maximum Gasteiger partial charge on any atom is 0.393 e. The van der Waals surface area contributed by atoms with Gasteiger partial charge in [-0.3, -0.25) is 0 Å². The fourth-order valence-electron chi connectivity index (χ4n) is 2.40. The quantitative estimate of drug-likeness (QED) is 0.749. The average molecular weight is 268 g/mol. The summed E-state index contributed by atoms with van der Waals surface area (Å²) in [5.74, 6) is -1.18. The summed E-state index contributed by atoms with van der Waals surface area (Å²) in [5, 5.41) is 0. The van der Waals surface area contributed by atoms with Crippen LogP contribution in [0.2, 0.25) is 0 Å². The third kappa shape index (κ3) is 5.54. The zero-order valence-electron chi connectivity index (χ0n) is 10.9. The molecule has 0 aliphatic carbocycles. The maximum atomic E-state index is 12.6. The second-order valence-corrected chi connectivity index (χ2v) is 5.04. The highest BCUT2D eigenvalue weighted by Crippen LogP contribution is 2.33. The fourth-order valence-corrected chi connectivity index (χ4v) is 2.40. The first-order valence-electron chi connectivity index (χ1n) is 6.47. The molecule has 0 amide bonds. The van der Waals surface area contributed by atoms with Crippen molar-refractivity contribution < 1.29 is 17.9 Å². The van der Waals surface area contributed by atoms with E-state index in [9.17, 15) is 13.2 Å². The Balaban J connectivity index is 2.29. The van der Waals surface area contributed by atoms with Gasteiger partial charge in [-0.2, -0.15) is 13.2 Å². The van der Waals surface area contributed by atoms with E-state index in [2.05, 4.69) is 0 Å². The second kappa shape index (κ2) is 7.31. The molecule has 0 aromatic carbocycles. The van der Waals surface area contributed by atoms with Crippen LogP contribution in [0.5, 0.6) is 0 Å². The summed E-state index contributed by atoms with van der Waals surface area (Å²) in [7, 11) is 1.63. The predicted octanol–water partition coefficient (Wildman–Crippen LogP) is 2.01. The zero-order chi connectivity index (χ0) is 13.6. The minimum Gasteiger partial charge on any atom is -0.385 e. The number of hydrogen-bond acceptors (Lipinski definition) is 3. The molecule has 1 aliphatic heterocycles. The number of rotatable bonds is 6. The summed E-state index contributed by atoms with van der Waals surface area (Å²) in [6.07, 6.45) is -1.57. The minimum atomic E-state index is -4.07. The molecule has 1 aliphatic rings. The number of alkyl halides is 3. The van der Waals surface area contributed by atoms with E-state index < -0.39 is 12.1 Å². The number of nitrogens with two attached hydrogens (primary N) is 1. The predicted molar refractivity (Wildman–Crippen MR) is 64.3 cm³/mol. The molecule has 1 heterocycles. The molecule has 0 radical (unpaired) electrons. The van der Waals surface area contributed by atoms with Crippen LogP contribution in [-0.2, 0) is 4.74 Å². The van der Waals surface area contributed by atoms with Crippen molar-refractivity contribution in [2.24, 2.45) is 11.7 Å². The number of likely N-dealkylation sites (tertiary alicyclic amines) is 1. The third-order valence-electron chi connectivity index (χ3n) is 3.38. The van der Waals surface area contributed by atoms with Crippen LogP contribution in [-0.4, -0.2) is 50.5 Å². The highest BCUT2D eigenvalue weighted by Gasteiger charge is 2.41. The lowest BCUT2D eigenvalue weighted by molar-refractivity contribution is -0.186. The molecular weight excluding hydrogens is 245 g/mol. The van der Waals surface area contributed by atoms with Gasteiger partial charge >= 0.3 is 6.18 Å². The van der Waals surface area contributed by atoms with Crippen LogP contribution in [0.1, 0.15) is 25.7 Å². The monoisotopic (exact) mass is 268 g/mol. The van der Waals surface area contributed by atoms with E-state index in [-0.39, 0.29) is 19.0 Å². The zero-order valence-corrected chi connectivity index (χ0v) is 10.9. The van der Waals surface area contributed by atoms with Gasteiger partial charge in [-0.05, 0) is 32.2 Å². The molecule has 0 aromatic rings. The topological polar surface area (TPSA) is 38.5 Å². The largest absolute Gasteiger partial charge is 0.393 e. The third-order valence-corrected chi connectivity index (χ3v) is 3.38. The summed E-state index contributed by atoms with van der Waals surface area (Å²) < 4.78 is 42.8. The maximum absolute atomic E-state index is 12.6. The molecule has 0 bridgehead atoms. The van der Waals surface area contributed by atoms with Gasteiger partial charge in [0.25, 0.3) is 0 Å². The first kappa shape index (κ1) is 15.7. The van der Waals surface area contributed by atoms with Gasteiger partial charge in [-0.1, -0.05) is 0 Å². The molecule has 2 atom stereocenters. The Kier molecular flexibility index (Phi) is 6.38. The van der Waals surface area contributed by atoms with Crippen molar-refractivity contribution >= 4 is 0 Å². The number of nitrogens with zero attached hydrogens (tertiary/aromatic N) is 1. The minimum absolute atomic E-state index is 0.0628. The molecule has 0 spiro atoms. The van der Waals surface area contributed by atoms with Crippen molar-refractivity contribution in [1.82, 2.24) is 4.90 Å². The lowest BCUT2D eigenvalue weighted by Gasteiger charge is -2.35. The molecule has 1 fully saturated rings. The van der Waals surface area contributed by atoms with Crippen molar-refractivity contribution in [3.8, 4) is 0 Å². The van der Waals surface area contributed by atoms with E-state index in [4.69, 9.17) is 10.5 Å². The van der Waals surface area contributed by atoms with Crippen LogP contribution in [0.15, 0.2) is 0 Å². The molecule has 6 heteroatoms. The lowest BCUT2D eigenvalue weighted by atomic mass is 9.97. The van der Waals surface area contributed by atoms with Gasteiger partial charge in [0, 0.05) is 32.8 Å². The van der Waals surface area contributed by atoms with Gasteiger partial charge in [0.1, 0.15) is 0 Å². The Morgan fingerprint density at radius 3 is 2.78 bits per heavy atom. The Bertz CT molecular complexity index is 236. The summed E-state index contributed by atoms with van der Waals surface area (Å²) >= 11 is 0. The summed E-state index contributed by atoms with van der Waals surface area (Å²) in [6.45, 7) is 2.03. The molecular formula is C12H23F3N2O. The van der Waals surface area contributed by atoms with Crippen molar-refractivity contribution in [1.29, 1.82) is 0 Å². The first-order valence-corrected chi connectivity index (χ1v) is 6.47. The van der Waals surface area contributed by atoms with E-state index >= 15 is 0 Å². The fraction of sp³-hybridized carbons (Fsp3) is 1.00. The number of hydrogen-bond donors (Lipinski definition) is 1. The number of piperidine rings is 1. The molecule has 3 nitrogen and oxygen atoms in total. The average Bonchev–Trinajstić information content (AvgIpc) is 2.28. The molecule has 1 saturated heterocycles. The van der Waals surface area contributed by atoms with Crippen molar-refractivity contribution in [3.05, 3.63) is 0 Å². The van der Waals surface area contributed by atoms with Crippen molar-refractivity contribution in [3.63, 3.8) is 0 Å². The molecule has 2 N–H and O–H groups in total. The Hall–Kier alpha value is -0.330. The Labute approximate surface area is 106 Å². The van der Waals surface area contributed by atoms with Crippen LogP contribution in [0, 0.1) is 5.92 Å². The van der Waals surface area contributed by atoms with Gasteiger partial charge in [0.2, 0.25) is 0 Å². The van der Waals surface area contributed by atoms with Crippen LogP contribution >= 0.6 is 0 Å². The summed E-state index contributed by atoms with van der Waals surface area (Å²) in [5.41, 5.74) is 5.92. The molecule has 0 aromatic heterocycles. The van der Waals surface area contributed by atoms with Gasteiger partial charge in [0.15, 0.2) is 0 Å². The van der Waals surface area contributed by atoms with Gasteiger partial charge in [-0.25, -0.2) is 0 Å². The second-order valence-electron chi connectivity index (χ2n) is 5.04. The Morgan fingerprint density at radius 1 is 1.44 bits per heavy atom. The first-order chi connectivity index (χ1) is 8.43. The molecule has 0 saturated carbocycles. The van der Waals surface area contributed by atoms with Gasteiger partial charge in [0.05, 0.1) is 5.92 Å². The number of halogens is 3. The smallest absolute Gasteiger partial charge is 0.385 e. The van der Waals surface area contributed by atoms with Crippen LogP contribution in [0.25, 0.3) is 0 Å². The molecule has 1 rings (SSSR count). The van der Waals surface area contributed by atoms with E-state index in [0.29, 0.717) is 19.6 Å². The Morgan fingerprint density at radius 2 is 2.17 bits per heavy atom. The van der Waals surface area contributed by atoms with Crippen LogP contribution in [0.3, 0.4) is 0 Å². The molecule has 108 valence electrons. The van der Waals surface area contributed by atoms with E-state index in [0.717, 1.165) is 19.4 Å². The highest BCUT2D eigenvalue weighted by molar-refractivity contribution is 4.80. The standard InChI is InChI=1S/C12H23F3N2O/c1-18-7-3-5-11(16)9-17-6-2-4-10(8-17)12(13,14)15/h10-11H,2-9,16H2,1H3. The van der Waals surface area contributed by atoms with Crippen LogP contribution in [0.4, 0.5) is 13.2 Å². The SMILES string of the molecule is COCCCC(N)CN1CCCC(C(F)(F)F)C1. The number of methoxy groups -OCH3 is 1. The highest BCUT2D eigenvalue weighted by atomic mass is 19.4.